The van der Waals surface area contributed by atoms with E-state index < -0.39 is 0 Å². The standard InChI is InChI=1S/C17H26N4/c1-3-11-19-16(4-2)17-9-8-15(13-20-17)21(12-5-10-18)14-6-7-14/h8-9,13-14,16,19H,3-7,11-12H2,1-2H3. The van der Waals surface area contributed by atoms with E-state index in [1.54, 1.807) is 0 Å². The SMILES string of the molecule is CCCNC(CC)c1ccc(N(CCC#N)C2CC2)cn1. The van der Waals surface area contributed by atoms with Gasteiger partial charge in [-0.3, -0.25) is 4.98 Å². The summed E-state index contributed by atoms with van der Waals surface area (Å²) in [5, 5.41) is 12.3. The number of hydrogen-bond acceptors (Lipinski definition) is 4. The minimum atomic E-state index is 0.340. The van der Waals surface area contributed by atoms with Crippen molar-refractivity contribution in [2.45, 2.75) is 58.0 Å². The monoisotopic (exact) mass is 286 g/mol. The highest BCUT2D eigenvalue weighted by Crippen LogP contribution is 2.31. The normalized spacial score (nSPS) is 15.5. The van der Waals surface area contributed by atoms with Crippen molar-refractivity contribution in [2.75, 3.05) is 18.0 Å². The van der Waals surface area contributed by atoms with E-state index >= 15 is 0 Å². The summed E-state index contributed by atoms with van der Waals surface area (Å²) in [7, 11) is 0. The zero-order valence-electron chi connectivity index (χ0n) is 13.2. The van der Waals surface area contributed by atoms with E-state index in [4.69, 9.17) is 5.26 Å². The number of anilines is 1. The first-order valence-corrected chi connectivity index (χ1v) is 8.13. The van der Waals surface area contributed by atoms with Crippen molar-refractivity contribution in [3.05, 3.63) is 24.0 Å². The van der Waals surface area contributed by atoms with Crippen LogP contribution in [-0.2, 0) is 0 Å². The average Bonchev–Trinajstić information content (AvgIpc) is 3.34. The van der Waals surface area contributed by atoms with Gasteiger partial charge in [0.2, 0.25) is 0 Å². The van der Waals surface area contributed by atoms with Gasteiger partial charge in [0.1, 0.15) is 0 Å². The smallest absolute Gasteiger partial charge is 0.0640 e. The Morgan fingerprint density at radius 3 is 2.76 bits per heavy atom. The van der Waals surface area contributed by atoms with Crippen LogP contribution in [0.15, 0.2) is 18.3 Å². The molecule has 1 N–H and O–H groups in total. The first kappa shape index (κ1) is 15.8. The fourth-order valence-corrected chi connectivity index (χ4v) is 2.63. The number of nitrogens with zero attached hydrogens (tertiary/aromatic N) is 3. The average molecular weight is 286 g/mol. The first-order valence-electron chi connectivity index (χ1n) is 8.13. The van der Waals surface area contributed by atoms with Crippen LogP contribution in [0.1, 0.15) is 57.7 Å². The lowest BCUT2D eigenvalue weighted by Gasteiger charge is -2.24. The molecule has 0 aliphatic heterocycles. The Balaban J connectivity index is 2.04. The summed E-state index contributed by atoms with van der Waals surface area (Å²) in [6, 6.07) is 7.49. The highest BCUT2D eigenvalue weighted by molar-refractivity contribution is 5.47. The molecule has 2 rings (SSSR count). The summed E-state index contributed by atoms with van der Waals surface area (Å²) >= 11 is 0. The molecule has 1 aliphatic rings. The number of hydrogen-bond donors (Lipinski definition) is 1. The molecule has 1 heterocycles. The Bertz CT molecular complexity index is 459. The van der Waals surface area contributed by atoms with Crippen LogP contribution in [0.25, 0.3) is 0 Å². The number of aromatic nitrogens is 1. The fraction of sp³-hybridized carbons (Fsp3) is 0.647. The Morgan fingerprint density at radius 1 is 1.43 bits per heavy atom. The second-order valence-electron chi connectivity index (χ2n) is 5.69. The van der Waals surface area contributed by atoms with Crippen LogP contribution in [-0.4, -0.2) is 24.1 Å². The van der Waals surface area contributed by atoms with Gasteiger partial charge in [-0.2, -0.15) is 5.26 Å². The van der Waals surface area contributed by atoms with E-state index in [2.05, 4.69) is 47.3 Å². The molecule has 0 bridgehead atoms. The summed E-state index contributed by atoms with van der Waals surface area (Å²) < 4.78 is 0. The molecule has 1 saturated carbocycles. The topological polar surface area (TPSA) is 52.0 Å². The highest BCUT2D eigenvalue weighted by Gasteiger charge is 2.29. The van der Waals surface area contributed by atoms with Gasteiger partial charge in [0.15, 0.2) is 0 Å². The third-order valence-electron chi connectivity index (χ3n) is 3.96. The molecule has 0 amide bonds. The molecule has 21 heavy (non-hydrogen) atoms. The number of nitriles is 1. The predicted molar refractivity (Wildman–Crippen MR) is 86.2 cm³/mol. The molecule has 1 aliphatic carbocycles. The predicted octanol–water partition coefficient (Wildman–Crippen LogP) is 3.41. The lowest BCUT2D eigenvalue weighted by Crippen LogP contribution is -2.27. The molecular weight excluding hydrogens is 260 g/mol. The lowest BCUT2D eigenvalue weighted by atomic mass is 10.1. The van der Waals surface area contributed by atoms with E-state index in [0.29, 0.717) is 18.5 Å². The van der Waals surface area contributed by atoms with Crippen molar-refractivity contribution in [1.29, 1.82) is 5.26 Å². The van der Waals surface area contributed by atoms with Gasteiger partial charge in [-0.1, -0.05) is 13.8 Å². The molecular formula is C17H26N4. The van der Waals surface area contributed by atoms with Crippen molar-refractivity contribution < 1.29 is 0 Å². The van der Waals surface area contributed by atoms with Crippen molar-refractivity contribution in [2.24, 2.45) is 0 Å². The minimum Gasteiger partial charge on any atom is -0.366 e. The largest absolute Gasteiger partial charge is 0.366 e. The molecule has 1 fully saturated rings. The maximum Gasteiger partial charge on any atom is 0.0640 e. The van der Waals surface area contributed by atoms with E-state index in [1.165, 1.54) is 12.8 Å². The third-order valence-corrected chi connectivity index (χ3v) is 3.96. The molecule has 114 valence electrons. The zero-order chi connectivity index (χ0) is 15.1. The maximum atomic E-state index is 8.79. The molecule has 0 spiro atoms. The third kappa shape index (κ3) is 4.44. The van der Waals surface area contributed by atoms with Crippen LogP contribution >= 0.6 is 0 Å². The van der Waals surface area contributed by atoms with Gasteiger partial charge in [0.05, 0.1) is 30.1 Å². The molecule has 0 aromatic carbocycles. The molecule has 1 aromatic heterocycles. The first-order chi connectivity index (χ1) is 10.3. The van der Waals surface area contributed by atoms with E-state index in [9.17, 15) is 0 Å². The van der Waals surface area contributed by atoms with Crippen molar-refractivity contribution in [3.63, 3.8) is 0 Å². The fourth-order valence-electron chi connectivity index (χ4n) is 2.63. The second-order valence-corrected chi connectivity index (χ2v) is 5.69. The summed E-state index contributed by atoms with van der Waals surface area (Å²) in [6.07, 6.45) is 7.21. The molecule has 4 heteroatoms. The number of rotatable bonds is 9. The van der Waals surface area contributed by atoms with Crippen LogP contribution in [0.2, 0.25) is 0 Å². The molecule has 4 nitrogen and oxygen atoms in total. The zero-order valence-corrected chi connectivity index (χ0v) is 13.2. The van der Waals surface area contributed by atoms with Gasteiger partial charge in [-0.15, -0.1) is 0 Å². The molecule has 1 aromatic rings. The minimum absolute atomic E-state index is 0.340. The van der Waals surface area contributed by atoms with Gasteiger partial charge in [0, 0.05) is 18.6 Å². The molecule has 1 unspecified atom stereocenters. The van der Waals surface area contributed by atoms with Gasteiger partial charge in [0.25, 0.3) is 0 Å². The van der Waals surface area contributed by atoms with Crippen LogP contribution < -0.4 is 10.2 Å². The second kappa shape index (κ2) is 7.99. The van der Waals surface area contributed by atoms with Crippen molar-refractivity contribution >= 4 is 5.69 Å². The molecule has 0 saturated heterocycles. The maximum absolute atomic E-state index is 8.79. The highest BCUT2D eigenvalue weighted by atomic mass is 15.2. The lowest BCUT2D eigenvalue weighted by molar-refractivity contribution is 0.507. The van der Waals surface area contributed by atoms with Crippen LogP contribution in [0.4, 0.5) is 5.69 Å². The Labute approximate surface area is 128 Å². The van der Waals surface area contributed by atoms with Gasteiger partial charge in [-0.25, -0.2) is 0 Å². The summed E-state index contributed by atoms with van der Waals surface area (Å²) in [5.74, 6) is 0. The van der Waals surface area contributed by atoms with Crippen LogP contribution in [0.5, 0.6) is 0 Å². The summed E-state index contributed by atoms with van der Waals surface area (Å²) in [5.41, 5.74) is 2.27. The van der Waals surface area contributed by atoms with Crippen LogP contribution in [0, 0.1) is 11.3 Å². The van der Waals surface area contributed by atoms with E-state index in [1.807, 2.05) is 6.20 Å². The van der Waals surface area contributed by atoms with Gasteiger partial charge in [-0.05, 0) is 44.4 Å². The number of nitrogens with one attached hydrogen (secondary N) is 1. The van der Waals surface area contributed by atoms with Crippen molar-refractivity contribution in [3.8, 4) is 6.07 Å². The number of pyridine rings is 1. The Morgan fingerprint density at radius 2 is 2.24 bits per heavy atom. The quantitative estimate of drug-likeness (QED) is 0.756. The summed E-state index contributed by atoms with van der Waals surface area (Å²) in [6.45, 7) is 6.21. The van der Waals surface area contributed by atoms with Crippen LogP contribution in [0.3, 0.4) is 0 Å². The molecule has 1 atom stereocenters. The van der Waals surface area contributed by atoms with Gasteiger partial charge >= 0.3 is 0 Å². The van der Waals surface area contributed by atoms with E-state index in [-0.39, 0.29) is 0 Å². The van der Waals surface area contributed by atoms with Crippen molar-refractivity contribution in [1.82, 2.24) is 10.3 Å². The van der Waals surface area contributed by atoms with E-state index in [0.717, 1.165) is 37.3 Å². The van der Waals surface area contributed by atoms with Gasteiger partial charge < -0.3 is 10.2 Å². The Kier molecular flexibility index (Phi) is 6.01. The Hall–Kier alpha value is -1.60. The molecule has 0 radical (unpaired) electrons. The summed E-state index contributed by atoms with van der Waals surface area (Å²) in [4.78, 5) is 6.99.